The SMILES string of the molecule is CC(C)CCCC(C)CCC1=C2C(=O)C(c3cc4sc(Br)cc4s3)c3nsnc3C2=C(c2cc3sc(Br)cc3s2)[N+]1=O. The van der Waals surface area contributed by atoms with Gasteiger partial charge in [-0.2, -0.15) is 8.75 Å². The number of thiophene rings is 4. The third kappa shape index (κ3) is 5.08. The van der Waals surface area contributed by atoms with Crippen LogP contribution in [0.1, 0.15) is 79.9 Å². The Balaban J connectivity index is 1.33. The van der Waals surface area contributed by atoms with Crippen molar-refractivity contribution in [3.8, 4) is 0 Å². The molecule has 1 aliphatic carbocycles. The maximum Gasteiger partial charge on any atom is 0.290 e. The summed E-state index contributed by atoms with van der Waals surface area (Å²) in [5, 5.41) is 0. The summed E-state index contributed by atoms with van der Waals surface area (Å²) in [6.45, 7) is 6.78. The number of rotatable bonds is 9. The van der Waals surface area contributed by atoms with Gasteiger partial charge in [-0.3, -0.25) is 4.79 Å². The lowest BCUT2D eigenvalue weighted by Crippen LogP contribution is -2.23. The van der Waals surface area contributed by atoms with Crippen LogP contribution in [0, 0.1) is 16.7 Å². The van der Waals surface area contributed by atoms with Crippen molar-refractivity contribution < 1.29 is 9.55 Å². The van der Waals surface area contributed by atoms with E-state index in [-0.39, 0.29) is 5.78 Å². The number of nitrogens with zero attached hydrogens (tertiary/aromatic N) is 3. The Morgan fingerprint density at radius 2 is 1.55 bits per heavy atom. The summed E-state index contributed by atoms with van der Waals surface area (Å²) < 4.78 is 17.1. The highest BCUT2D eigenvalue weighted by molar-refractivity contribution is 9.11. The fourth-order valence-corrected chi connectivity index (χ4v) is 12.7. The van der Waals surface area contributed by atoms with Crippen LogP contribution in [0.2, 0.25) is 0 Å². The molecule has 2 aliphatic rings. The van der Waals surface area contributed by atoms with Gasteiger partial charge in [0.2, 0.25) is 0 Å². The van der Waals surface area contributed by atoms with Crippen LogP contribution in [0.4, 0.5) is 0 Å². The molecule has 0 aromatic carbocycles. The number of hydrogen-bond acceptors (Lipinski definition) is 9. The fourth-order valence-electron chi connectivity index (χ4n) is 5.93. The Morgan fingerprint density at radius 3 is 2.24 bits per heavy atom. The van der Waals surface area contributed by atoms with Crippen molar-refractivity contribution in [1.82, 2.24) is 8.75 Å². The van der Waals surface area contributed by atoms with Gasteiger partial charge in [0.1, 0.15) is 22.1 Å². The van der Waals surface area contributed by atoms with Crippen LogP contribution in [0.5, 0.6) is 0 Å². The molecule has 2 unspecified atom stereocenters. The van der Waals surface area contributed by atoms with Crippen molar-refractivity contribution in [3.05, 3.63) is 69.2 Å². The van der Waals surface area contributed by atoms with Crippen molar-refractivity contribution in [2.24, 2.45) is 11.8 Å². The van der Waals surface area contributed by atoms with Gasteiger partial charge in [0.05, 0.1) is 35.3 Å². The molecule has 0 fully saturated rings. The van der Waals surface area contributed by atoms with E-state index in [1.807, 2.05) is 0 Å². The monoisotopic (exact) mass is 778 g/mol. The molecule has 12 heteroatoms. The second kappa shape index (κ2) is 11.5. The molecule has 2 atom stereocenters. The van der Waals surface area contributed by atoms with Gasteiger partial charge < -0.3 is 0 Å². The molecular formula is C30H26Br2N3O2S5+. The van der Waals surface area contributed by atoms with Gasteiger partial charge in [-0.15, -0.1) is 45.3 Å². The number of allylic oxidation sites excluding steroid dienone is 3. The summed E-state index contributed by atoms with van der Waals surface area (Å²) >= 11 is 14.8. The van der Waals surface area contributed by atoms with Crippen LogP contribution in [0.3, 0.4) is 0 Å². The molecule has 5 aromatic rings. The van der Waals surface area contributed by atoms with E-state index < -0.39 is 5.92 Å². The summed E-state index contributed by atoms with van der Waals surface area (Å²) in [7, 11) is 0. The zero-order valence-corrected chi connectivity index (χ0v) is 30.3. The number of nitroso groups, excluding NO2 is 1. The first kappa shape index (κ1) is 29.3. The molecule has 42 heavy (non-hydrogen) atoms. The Bertz CT molecular complexity index is 1890. The molecule has 0 saturated heterocycles. The number of hydrogen-bond donors (Lipinski definition) is 0. The van der Waals surface area contributed by atoms with Crippen molar-refractivity contribution in [3.63, 3.8) is 0 Å². The van der Waals surface area contributed by atoms with Gasteiger partial charge in [0.25, 0.3) is 11.4 Å². The minimum Gasteiger partial charge on any atom is -0.293 e. The second-order valence-corrected chi connectivity index (χ2v) is 19.1. The van der Waals surface area contributed by atoms with Crippen LogP contribution >= 0.6 is 88.9 Å². The molecular weight excluding hydrogens is 754 g/mol. The van der Waals surface area contributed by atoms with Crippen LogP contribution in [-0.2, 0) is 4.79 Å². The molecule has 6 heterocycles. The second-order valence-electron chi connectivity index (χ2n) is 11.4. The highest BCUT2D eigenvalue weighted by atomic mass is 79.9. The molecule has 0 radical (unpaired) electrons. The highest BCUT2D eigenvalue weighted by Crippen LogP contribution is 2.54. The van der Waals surface area contributed by atoms with Crippen molar-refractivity contribution in [2.45, 2.75) is 58.8 Å². The Morgan fingerprint density at radius 1 is 0.857 bits per heavy atom. The van der Waals surface area contributed by atoms with Gasteiger partial charge in [0, 0.05) is 35.0 Å². The average molecular weight is 781 g/mol. The standard InChI is InChI=1S/C30H26Br2N3O2S5/c1-13(2)5-4-6-14(3)7-8-15-24-26(29(35(15)37)21-10-17-19(39-21)12-23(32)41-17)28-27(33-42-34-28)25(30(24)36)20-9-16-18(38-20)11-22(31)40-16/h9-14,25H,4-8H2,1-3H3/q+1. The summed E-state index contributed by atoms with van der Waals surface area (Å²) in [6.07, 6.45) is 4.95. The lowest BCUT2D eigenvalue weighted by molar-refractivity contribution is -0.397. The number of Topliss-reactive ketones (excluding diaryl/α,β-unsaturated/α-hetero) is 1. The predicted molar refractivity (Wildman–Crippen MR) is 186 cm³/mol. The minimum absolute atomic E-state index is 0.0300. The van der Waals surface area contributed by atoms with Crippen molar-refractivity contribution in [1.29, 1.82) is 0 Å². The molecule has 0 bridgehead atoms. The average Bonchev–Trinajstić information content (AvgIpc) is 3.74. The van der Waals surface area contributed by atoms with Gasteiger partial charge >= 0.3 is 0 Å². The molecule has 5 nitrogen and oxygen atoms in total. The van der Waals surface area contributed by atoms with Crippen LogP contribution in [0.25, 0.3) is 30.1 Å². The van der Waals surface area contributed by atoms with Gasteiger partial charge in [-0.1, -0.05) is 40.0 Å². The van der Waals surface area contributed by atoms with E-state index >= 15 is 0 Å². The number of carbonyl (C=O) groups is 1. The third-order valence-corrected chi connectivity index (χ3v) is 14.2. The lowest BCUT2D eigenvalue weighted by Gasteiger charge is -2.20. The van der Waals surface area contributed by atoms with Crippen LogP contribution in [0.15, 0.2) is 43.1 Å². The minimum atomic E-state index is -0.546. The van der Waals surface area contributed by atoms with Crippen molar-refractivity contribution >= 4 is 125 Å². The fraction of sp³-hybridized carbons (Fsp3) is 0.367. The third-order valence-electron chi connectivity index (χ3n) is 8.00. The zero-order chi connectivity index (χ0) is 29.3. The Kier molecular flexibility index (Phi) is 8.03. The van der Waals surface area contributed by atoms with Crippen LogP contribution < -0.4 is 0 Å². The summed E-state index contributed by atoms with van der Waals surface area (Å²) in [5.74, 6) is 0.582. The van der Waals surface area contributed by atoms with Gasteiger partial charge in [-0.25, -0.2) is 0 Å². The van der Waals surface area contributed by atoms with E-state index in [1.165, 1.54) is 12.8 Å². The molecule has 5 aromatic heterocycles. The molecule has 0 amide bonds. The van der Waals surface area contributed by atoms with E-state index in [1.54, 1.807) is 45.3 Å². The quantitative estimate of drug-likeness (QED) is 0.140. The summed E-state index contributed by atoms with van der Waals surface area (Å²) in [6, 6.07) is 8.39. The van der Waals surface area contributed by atoms with E-state index in [0.717, 1.165) is 65.5 Å². The molecule has 1 aliphatic heterocycles. The van der Waals surface area contributed by atoms with E-state index in [0.29, 0.717) is 52.2 Å². The van der Waals surface area contributed by atoms with Gasteiger partial charge in [-0.05, 0) is 74.4 Å². The van der Waals surface area contributed by atoms with Crippen LogP contribution in [-0.4, -0.2) is 19.3 Å². The Hall–Kier alpha value is -1.41. The summed E-state index contributed by atoms with van der Waals surface area (Å²) in [4.78, 5) is 30.8. The molecule has 0 spiro atoms. The molecule has 0 N–H and O–H groups in total. The number of carbonyl (C=O) groups excluding carboxylic acids is 1. The number of ketones is 1. The van der Waals surface area contributed by atoms with E-state index in [9.17, 15) is 9.70 Å². The number of aromatic nitrogens is 2. The zero-order valence-electron chi connectivity index (χ0n) is 23.0. The summed E-state index contributed by atoms with van der Waals surface area (Å²) in [5.41, 5.74) is 3.72. The van der Waals surface area contributed by atoms with E-state index in [4.69, 9.17) is 4.37 Å². The molecule has 7 rings (SSSR count). The first-order valence-corrected chi connectivity index (χ1v) is 19.5. The first-order valence-electron chi connectivity index (χ1n) is 13.9. The lowest BCUT2D eigenvalue weighted by atomic mass is 9.79. The normalized spacial score (nSPS) is 17.9. The van der Waals surface area contributed by atoms with Crippen molar-refractivity contribution in [2.75, 3.05) is 0 Å². The smallest absolute Gasteiger partial charge is 0.290 e. The molecule has 0 saturated carbocycles. The maximum absolute atomic E-state index is 14.6. The highest BCUT2D eigenvalue weighted by Gasteiger charge is 2.53. The topological polar surface area (TPSA) is 62.9 Å². The first-order chi connectivity index (χ1) is 20.2. The largest absolute Gasteiger partial charge is 0.293 e. The van der Waals surface area contributed by atoms with E-state index in [2.05, 4.69) is 81.3 Å². The molecule has 216 valence electrons. The van der Waals surface area contributed by atoms with Gasteiger partial charge in [0.15, 0.2) is 5.78 Å². The predicted octanol–water partition coefficient (Wildman–Crippen LogP) is 11.5. The number of halogens is 2. The number of fused-ring (bicyclic) bond motifs is 5. The maximum atomic E-state index is 14.6. The Labute approximate surface area is 280 Å².